The lowest BCUT2D eigenvalue weighted by Gasteiger charge is -2.08. The minimum atomic E-state index is 0.581. The van der Waals surface area contributed by atoms with Gasteiger partial charge >= 0.3 is 0 Å². The molecule has 17 heavy (non-hydrogen) atoms. The van der Waals surface area contributed by atoms with Gasteiger partial charge in [-0.1, -0.05) is 30.7 Å². The van der Waals surface area contributed by atoms with E-state index in [9.17, 15) is 0 Å². The van der Waals surface area contributed by atoms with Gasteiger partial charge in [-0.25, -0.2) is 0 Å². The van der Waals surface area contributed by atoms with Crippen LogP contribution in [0.4, 0.5) is 11.4 Å². The maximum Gasteiger partial charge on any atom is 0.0641 e. The first-order chi connectivity index (χ1) is 8.11. The number of halogens is 1. The number of nitrogens with two attached hydrogens (primary N) is 2. The first-order valence-corrected chi connectivity index (χ1v) is 5.93. The van der Waals surface area contributed by atoms with Crippen LogP contribution in [0.3, 0.4) is 0 Å². The fraction of sp³-hybridized carbons (Fsp3) is 0.143. The molecule has 0 radical (unpaired) electrons. The second-order valence-corrected chi connectivity index (χ2v) is 4.41. The van der Waals surface area contributed by atoms with E-state index in [-0.39, 0.29) is 0 Å². The van der Waals surface area contributed by atoms with Gasteiger partial charge in [-0.2, -0.15) is 0 Å². The van der Waals surface area contributed by atoms with Crippen LogP contribution >= 0.6 is 11.6 Å². The monoisotopic (exact) mass is 246 g/mol. The highest BCUT2D eigenvalue weighted by molar-refractivity contribution is 6.33. The average molecular weight is 247 g/mol. The third kappa shape index (κ3) is 2.37. The molecular weight excluding hydrogens is 232 g/mol. The molecule has 88 valence electrons. The Kier molecular flexibility index (Phi) is 3.25. The van der Waals surface area contributed by atoms with Gasteiger partial charge in [0.25, 0.3) is 0 Å². The number of hydrogen-bond donors (Lipinski definition) is 2. The Morgan fingerprint density at radius 3 is 2.12 bits per heavy atom. The molecule has 2 aromatic carbocycles. The topological polar surface area (TPSA) is 52.0 Å². The quantitative estimate of drug-likeness (QED) is 0.794. The van der Waals surface area contributed by atoms with Gasteiger partial charge in [0.1, 0.15) is 0 Å². The molecule has 0 heterocycles. The zero-order valence-corrected chi connectivity index (χ0v) is 10.5. The molecule has 0 aliphatic rings. The second kappa shape index (κ2) is 4.68. The van der Waals surface area contributed by atoms with Crippen LogP contribution in [0.15, 0.2) is 36.4 Å². The molecule has 0 aliphatic heterocycles. The Hall–Kier alpha value is -1.67. The van der Waals surface area contributed by atoms with E-state index in [0.29, 0.717) is 10.7 Å². The average Bonchev–Trinajstić information content (AvgIpc) is 2.33. The number of benzene rings is 2. The van der Waals surface area contributed by atoms with E-state index in [1.807, 2.05) is 30.3 Å². The molecule has 2 nitrogen and oxygen atoms in total. The van der Waals surface area contributed by atoms with E-state index >= 15 is 0 Å². The van der Waals surface area contributed by atoms with Crippen molar-refractivity contribution in [3.63, 3.8) is 0 Å². The molecule has 4 N–H and O–H groups in total. The number of aryl methyl sites for hydroxylation is 1. The first-order valence-electron chi connectivity index (χ1n) is 5.55. The summed E-state index contributed by atoms with van der Waals surface area (Å²) >= 11 is 6.02. The number of hydrogen-bond acceptors (Lipinski definition) is 2. The fourth-order valence-corrected chi connectivity index (χ4v) is 1.98. The van der Waals surface area contributed by atoms with Gasteiger partial charge in [-0.05, 0) is 47.4 Å². The summed E-state index contributed by atoms with van der Waals surface area (Å²) in [6.45, 7) is 2.09. The van der Waals surface area contributed by atoms with Crippen molar-refractivity contribution >= 4 is 23.0 Å². The number of nitrogen functional groups attached to an aromatic ring is 2. The van der Waals surface area contributed by atoms with E-state index in [4.69, 9.17) is 23.1 Å². The zero-order chi connectivity index (χ0) is 12.4. The van der Waals surface area contributed by atoms with E-state index in [2.05, 4.69) is 13.0 Å². The van der Waals surface area contributed by atoms with Crippen LogP contribution in [0.25, 0.3) is 11.1 Å². The van der Waals surface area contributed by atoms with Gasteiger partial charge in [0.2, 0.25) is 0 Å². The summed E-state index contributed by atoms with van der Waals surface area (Å²) in [5, 5.41) is 0.581. The SMILES string of the molecule is CCc1cc(-c2ccc(N)c(Cl)c2)ccc1N. The van der Waals surface area contributed by atoms with Gasteiger partial charge in [0.15, 0.2) is 0 Å². The smallest absolute Gasteiger partial charge is 0.0641 e. The minimum absolute atomic E-state index is 0.581. The lowest BCUT2D eigenvalue weighted by molar-refractivity contribution is 1.15. The minimum Gasteiger partial charge on any atom is -0.399 e. The molecular formula is C14H15ClN2. The van der Waals surface area contributed by atoms with Crippen molar-refractivity contribution in [2.75, 3.05) is 11.5 Å². The Morgan fingerprint density at radius 1 is 0.941 bits per heavy atom. The summed E-state index contributed by atoms with van der Waals surface area (Å²) in [7, 11) is 0. The normalized spacial score (nSPS) is 10.5. The predicted octanol–water partition coefficient (Wildman–Crippen LogP) is 3.73. The van der Waals surface area contributed by atoms with Crippen LogP contribution in [-0.2, 0) is 6.42 Å². The molecule has 0 spiro atoms. The molecule has 3 heteroatoms. The van der Waals surface area contributed by atoms with Gasteiger partial charge < -0.3 is 11.5 Å². The van der Waals surface area contributed by atoms with Crippen molar-refractivity contribution < 1.29 is 0 Å². The highest BCUT2D eigenvalue weighted by Crippen LogP contribution is 2.29. The lowest BCUT2D eigenvalue weighted by Crippen LogP contribution is -1.93. The zero-order valence-electron chi connectivity index (χ0n) is 9.70. The second-order valence-electron chi connectivity index (χ2n) is 4.00. The third-order valence-electron chi connectivity index (χ3n) is 2.86. The van der Waals surface area contributed by atoms with Crippen LogP contribution in [0.2, 0.25) is 5.02 Å². The Bertz CT molecular complexity index is 550. The summed E-state index contributed by atoms with van der Waals surface area (Å²) in [5.41, 5.74) is 16.3. The fourth-order valence-electron chi connectivity index (χ4n) is 1.80. The van der Waals surface area contributed by atoms with Gasteiger partial charge in [0, 0.05) is 5.69 Å². The molecule has 0 bridgehead atoms. The van der Waals surface area contributed by atoms with Crippen LogP contribution in [0.5, 0.6) is 0 Å². The highest BCUT2D eigenvalue weighted by atomic mass is 35.5. The van der Waals surface area contributed by atoms with Gasteiger partial charge in [-0.15, -0.1) is 0 Å². The Labute approximate surface area is 106 Å². The largest absolute Gasteiger partial charge is 0.399 e. The summed E-state index contributed by atoms with van der Waals surface area (Å²) < 4.78 is 0. The van der Waals surface area contributed by atoms with Gasteiger partial charge in [0.05, 0.1) is 10.7 Å². The van der Waals surface area contributed by atoms with Crippen LogP contribution in [-0.4, -0.2) is 0 Å². The van der Waals surface area contributed by atoms with E-state index in [1.54, 1.807) is 0 Å². The number of anilines is 2. The first kappa shape index (κ1) is 11.8. The molecule has 0 fully saturated rings. The molecule has 0 aliphatic carbocycles. The molecule has 2 aromatic rings. The van der Waals surface area contributed by atoms with Crippen LogP contribution < -0.4 is 11.5 Å². The van der Waals surface area contributed by atoms with E-state index in [1.165, 1.54) is 0 Å². The van der Waals surface area contributed by atoms with Crippen molar-refractivity contribution in [2.24, 2.45) is 0 Å². The standard InChI is InChI=1S/C14H15ClN2/c1-2-9-7-10(3-5-13(9)16)11-4-6-14(17)12(15)8-11/h3-8H,2,16-17H2,1H3. The van der Waals surface area contributed by atoms with Crippen molar-refractivity contribution in [1.29, 1.82) is 0 Å². The van der Waals surface area contributed by atoms with Gasteiger partial charge in [-0.3, -0.25) is 0 Å². The van der Waals surface area contributed by atoms with Crippen molar-refractivity contribution in [3.8, 4) is 11.1 Å². The molecule has 0 unspecified atom stereocenters. The van der Waals surface area contributed by atoms with E-state index in [0.717, 1.165) is 28.8 Å². The Morgan fingerprint density at radius 2 is 1.53 bits per heavy atom. The molecule has 0 saturated heterocycles. The summed E-state index contributed by atoms with van der Waals surface area (Å²) in [6.07, 6.45) is 0.919. The summed E-state index contributed by atoms with van der Waals surface area (Å²) in [5.74, 6) is 0. The molecule has 0 atom stereocenters. The highest BCUT2D eigenvalue weighted by Gasteiger charge is 2.04. The maximum absolute atomic E-state index is 6.02. The molecule has 0 aromatic heterocycles. The van der Waals surface area contributed by atoms with Crippen molar-refractivity contribution in [3.05, 3.63) is 47.0 Å². The summed E-state index contributed by atoms with van der Waals surface area (Å²) in [6, 6.07) is 11.7. The Balaban J connectivity index is 2.49. The number of rotatable bonds is 2. The lowest BCUT2D eigenvalue weighted by atomic mass is 10.0. The molecule has 0 saturated carbocycles. The van der Waals surface area contributed by atoms with Crippen molar-refractivity contribution in [2.45, 2.75) is 13.3 Å². The molecule has 0 amide bonds. The van der Waals surface area contributed by atoms with Crippen molar-refractivity contribution in [1.82, 2.24) is 0 Å². The van der Waals surface area contributed by atoms with Crippen LogP contribution in [0.1, 0.15) is 12.5 Å². The van der Waals surface area contributed by atoms with Crippen LogP contribution in [0, 0.1) is 0 Å². The maximum atomic E-state index is 6.02. The molecule has 2 rings (SSSR count). The third-order valence-corrected chi connectivity index (χ3v) is 3.18. The predicted molar refractivity (Wildman–Crippen MR) is 75.1 cm³/mol. The van der Waals surface area contributed by atoms with E-state index < -0.39 is 0 Å². The summed E-state index contributed by atoms with van der Waals surface area (Å²) in [4.78, 5) is 0.